The molecule has 2 atom stereocenters. The molecule has 6 heteroatoms. The Morgan fingerprint density at radius 3 is 2.72 bits per heavy atom. The average molecular weight is 454 g/mol. The Morgan fingerprint density at radius 2 is 2.04 bits per heavy atom. The third kappa shape index (κ3) is 5.74. The van der Waals surface area contributed by atoms with Gasteiger partial charge < -0.3 is 15.1 Å². The molecule has 2 aromatic rings. The van der Waals surface area contributed by atoms with E-state index in [2.05, 4.69) is 57.8 Å². The zero-order valence-electron chi connectivity index (χ0n) is 14.8. The van der Waals surface area contributed by atoms with Gasteiger partial charge in [0.2, 0.25) is 0 Å². The first-order valence-electron chi connectivity index (χ1n) is 8.52. The lowest BCUT2D eigenvalue weighted by Gasteiger charge is -2.21. The van der Waals surface area contributed by atoms with Crippen LogP contribution in [0.15, 0.2) is 58.1 Å². The molecule has 1 aliphatic rings. The van der Waals surface area contributed by atoms with Gasteiger partial charge in [-0.25, -0.2) is 0 Å². The Balaban J connectivity index is 0.00000225. The van der Waals surface area contributed by atoms with Crippen LogP contribution < -0.4 is 10.6 Å². The van der Waals surface area contributed by atoms with Crippen LogP contribution in [0.5, 0.6) is 0 Å². The topological polar surface area (TPSA) is 52.8 Å². The van der Waals surface area contributed by atoms with Crippen LogP contribution >= 0.6 is 24.0 Å². The monoisotopic (exact) mass is 454 g/mol. The summed E-state index contributed by atoms with van der Waals surface area (Å²) >= 11 is 0. The fraction of sp³-hybridized carbons (Fsp3) is 0.421. The van der Waals surface area contributed by atoms with Crippen molar-refractivity contribution in [1.29, 1.82) is 0 Å². The highest BCUT2D eigenvalue weighted by Gasteiger charge is 2.29. The van der Waals surface area contributed by atoms with E-state index in [4.69, 9.17) is 4.42 Å². The predicted molar refractivity (Wildman–Crippen MR) is 112 cm³/mol. The molecule has 0 saturated carbocycles. The number of nitrogens with one attached hydrogen (secondary N) is 2. The summed E-state index contributed by atoms with van der Waals surface area (Å²) in [6, 6.07) is 15.5. The number of hydrogen-bond acceptors (Lipinski definition) is 3. The molecule has 2 unspecified atom stereocenters. The lowest BCUT2D eigenvalue weighted by atomic mass is 10.2. The maximum Gasteiger partial charge on any atom is 0.191 e. The molecule has 1 aromatic heterocycles. The summed E-state index contributed by atoms with van der Waals surface area (Å²) in [5, 5.41) is 6.83. The van der Waals surface area contributed by atoms with Crippen molar-refractivity contribution in [3.8, 4) is 0 Å². The van der Waals surface area contributed by atoms with Crippen molar-refractivity contribution in [1.82, 2.24) is 15.5 Å². The van der Waals surface area contributed by atoms with Crippen molar-refractivity contribution in [3.05, 3.63) is 60.1 Å². The van der Waals surface area contributed by atoms with Crippen LogP contribution in [0.2, 0.25) is 0 Å². The molecular formula is C19H27IN4O. The molecule has 0 aliphatic carbocycles. The van der Waals surface area contributed by atoms with Gasteiger partial charge in [0.15, 0.2) is 5.96 Å². The normalized spacial score (nSPS) is 21.0. The summed E-state index contributed by atoms with van der Waals surface area (Å²) in [5.74, 6) is 1.73. The molecule has 2 N–H and O–H groups in total. The lowest BCUT2D eigenvalue weighted by molar-refractivity contribution is 0.258. The van der Waals surface area contributed by atoms with Crippen molar-refractivity contribution in [3.63, 3.8) is 0 Å². The number of benzene rings is 1. The Labute approximate surface area is 166 Å². The van der Waals surface area contributed by atoms with E-state index < -0.39 is 0 Å². The average Bonchev–Trinajstić information content (AvgIpc) is 3.23. The molecule has 0 bridgehead atoms. The molecule has 0 spiro atoms. The molecule has 5 nitrogen and oxygen atoms in total. The van der Waals surface area contributed by atoms with E-state index in [9.17, 15) is 0 Å². The lowest BCUT2D eigenvalue weighted by Crippen LogP contribution is -2.44. The number of halogens is 1. The number of hydrogen-bond donors (Lipinski definition) is 2. The van der Waals surface area contributed by atoms with Gasteiger partial charge in [-0.2, -0.15) is 0 Å². The van der Waals surface area contributed by atoms with Crippen LogP contribution in [0, 0.1) is 0 Å². The minimum absolute atomic E-state index is 0. The molecule has 3 rings (SSSR count). The number of guanidine groups is 1. The van der Waals surface area contributed by atoms with Crippen LogP contribution in [0.1, 0.15) is 24.7 Å². The second-order valence-corrected chi connectivity index (χ2v) is 6.35. The van der Waals surface area contributed by atoms with E-state index in [0.717, 1.165) is 31.2 Å². The summed E-state index contributed by atoms with van der Waals surface area (Å²) in [5.41, 5.74) is 1.37. The summed E-state index contributed by atoms with van der Waals surface area (Å²) in [6.45, 7) is 4.96. The van der Waals surface area contributed by atoms with Crippen LogP contribution in [0.3, 0.4) is 0 Å². The number of furan rings is 1. The Bertz CT molecular complexity index is 645. The molecule has 1 aromatic carbocycles. The second kappa shape index (κ2) is 9.82. The van der Waals surface area contributed by atoms with Gasteiger partial charge in [0.05, 0.1) is 12.8 Å². The first-order valence-corrected chi connectivity index (χ1v) is 8.52. The van der Waals surface area contributed by atoms with Crippen LogP contribution in [0.25, 0.3) is 0 Å². The molecule has 1 fully saturated rings. The van der Waals surface area contributed by atoms with E-state index in [0.29, 0.717) is 18.6 Å². The van der Waals surface area contributed by atoms with Gasteiger partial charge in [-0.15, -0.1) is 24.0 Å². The third-order valence-corrected chi connectivity index (χ3v) is 4.51. The van der Waals surface area contributed by atoms with Crippen molar-refractivity contribution in [2.45, 2.75) is 38.5 Å². The van der Waals surface area contributed by atoms with E-state index in [-0.39, 0.29) is 24.0 Å². The molecule has 0 radical (unpaired) electrons. The van der Waals surface area contributed by atoms with Gasteiger partial charge in [0, 0.05) is 32.2 Å². The van der Waals surface area contributed by atoms with E-state index in [1.165, 1.54) is 5.56 Å². The second-order valence-electron chi connectivity index (χ2n) is 6.35. The van der Waals surface area contributed by atoms with Crippen LogP contribution in [-0.2, 0) is 13.1 Å². The molecular weight excluding hydrogens is 427 g/mol. The van der Waals surface area contributed by atoms with Crippen LogP contribution in [-0.4, -0.2) is 36.5 Å². The largest absolute Gasteiger partial charge is 0.467 e. The van der Waals surface area contributed by atoms with Crippen molar-refractivity contribution < 1.29 is 4.42 Å². The Kier molecular flexibility index (Phi) is 7.77. The fourth-order valence-corrected chi connectivity index (χ4v) is 3.21. The number of aliphatic imine (C=N–C) groups is 1. The minimum Gasteiger partial charge on any atom is -0.467 e. The Hall–Kier alpha value is -1.54. The Morgan fingerprint density at radius 1 is 1.24 bits per heavy atom. The summed E-state index contributed by atoms with van der Waals surface area (Å²) < 4.78 is 5.35. The quantitative estimate of drug-likeness (QED) is 0.414. The fourth-order valence-electron chi connectivity index (χ4n) is 3.21. The number of nitrogens with zero attached hydrogens (tertiary/aromatic N) is 2. The summed E-state index contributed by atoms with van der Waals surface area (Å²) in [6.07, 6.45) is 2.81. The van der Waals surface area contributed by atoms with Crippen LogP contribution in [0.4, 0.5) is 0 Å². The molecule has 1 aliphatic heterocycles. The van der Waals surface area contributed by atoms with Crippen molar-refractivity contribution in [2.75, 3.05) is 13.6 Å². The molecule has 0 amide bonds. The molecule has 136 valence electrons. The third-order valence-electron chi connectivity index (χ3n) is 4.51. The van der Waals surface area contributed by atoms with E-state index >= 15 is 0 Å². The van der Waals surface area contributed by atoms with E-state index in [1.54, 1.807) is 13.3 Å². The highest BCUT2D eigenvalue weighted by Crippen LogP contribution is 2.20. The summed E-state index contributed by atoms with van der Waals surface area (Å²) in [4.78, 5) is 6.84. The van der Waals surface area contributed by atoms with Crippen molar-refractivity contribution in [2.24, 2.45) is 4.99 Å². The van der Waals surface area contributed by atoms with Crippen molar-refractivity contribution >= 4 is 29.9 Å². The minimum atomic E-state index is 0. The van der Waals surface area contributed by atoms with Gasteiger partial charge in [0.1, 0.15) is 5.76 Å². The molecule has 25 heavy (non-hydrogen) atoms. The molecule has 1 saturated heterocycles. The first kappa shape index (κ1) is 19.8. The number of rotatable bonds is 5. The SMILES string of the molecule is CN=C(NCc1ccco1)NC1CC(C)N(Cc2ccccc2)C1.I. The smallest absolute Gasteiger partial charge is 0.191 e. The maximum absolute atomic E-state index is 5.35. The van der Waals surface area contributed by atoms with Gasteiger partial charge in [-0.1, -0.05) is 30.3 Å². The first-order chi connectivity index (χ1) is 11.7. The van der Waals surface area contributed by atoms with E-state index in [1.807, 2.05) is 12.1 Å². The zero-order valence-corrected chi connectivity index (χ0v) is 17.1. The standard InChI is InChI=1S/C19H26N4O.HI/c1-15-11-17(14-23(15)13-16-7-4-3-5-8-16)22-19(20-2)21-12-18-9-6-10-24-18;/h3-10,15,17H,11-14H2,1-2H3,(H2,20,21,22);1H. The highest BCUT2D eigenvalue weighted by atomic mass is 127. The summed E-state index contributed by atoms with van der Waals surface area (Å²) in [7, 11) is 1.80. The predicted octanol–water partition coefficient (Wildman–Crippen LogP) is 3.23. The van der Waals surface area contributed by atoms with Gasteiger partial charge in [-0.05, 0) is 31.0 Å². The van der Waals surface area contributed by atoms with Gasteiger partial charge in [-0.3, -0.25) is 9.89 Å². The van der Waals surface area contributed by atoms with Gasteiger partial charge >= 0.3 is 0 Å². The molecule has 2 heterocycles. The zero-order chi connectivity index (χ0) is 16.8. The highest BCUT2D eigenvalue weighted by molar-refractivity contribution is 14.0. The maximum atomic E-state index is 5.35. The number of likely N-dealkylation sites (tertiary alicyclic amines) is 1. The van der Waals surface area contributed by atoms with Gasteiger partial charge in [0.25, 0.3) is 0 Å².